The fraction of sp³-hybridized carbons (Fsp3) is 0.261. The van der Waals surface area contributed by atoms with Crippen LogP contribution in [0.1, 0.15) is 36.5 Å². The number of aromatic nitrogens is 3. The number of nitrogens with zero attached hydrogens (tertiary/aromatic N) is 3. The molecule has 30 heavy (non-hydrogen) atoms. The summed E-state index contributed by atoms with van der Waals surface area (Å²) < 4.78 is 12.8. The third-order valence-electron chi connectivity index (χ3n) is 5.06. The highest BCUT2D eigenvalue weighted by atomic mass is 32.2. The third kappa shape index (κ3) is 3.85. The Labute approximate surface area is 178 Å². The Morgan fingerprint density at radius 1 is 1.20 bits per heavy atom. The molecule has 0 unspecified atom stereocenters. The zero-order valence-corrected chi connectivity index (χ0v) is 18.2. The Balaban J connectivity index is 1.71. The van der Waals surface area contributed by atoms with Gasteiger partial charge in [0.2, 0.25) is 0 Å². The summed E-state index contributed by atoms with van der Waals surface area (Å²) in [5.74, 6) is 1.69. The Hall–Kier alpha value is -3.06. The first kappa shape index (κ1) is 20.2. The second-order valence-electron chi connectivity index (χ2n) is 7.39. The van der Waals surface area contributed by atoms with Gasteiger partial charge in [-0.25, -0.2) is 4.79 Å². The van der Waals surface area contributed by atoms with Gasteiger partial charge in [-0.15, -0.1) is 10.2 Å². The number of benzene rings is 2. The predicted octanol–water partition coefficient (Wildman–Crippen LogP) is 5.11. The lowest BCUT2D eigenvalue weighted by molar-refractivity contribution is 0.412. The number of para-hydroxylation sites is 2. The van der Waals surface area contributed by atoms with Crippen LogP contribution in [-0.2, 0) is 5.75 Å². The van der Waals surface area contributed by atoms with E-state index >= 15 is 0 Å². The number of fused-ring (bicyclic) bond motifs is 1. The molecule has 0 amide bonds. The smallest absolute Gasteiger partial charge is 0.336 e. The molecule has 0 aliphatic rings. The predicted molar refractivity (Wildman–Crippen MR) is 119 cm³/mol. The lowest BCUT2D eigenvalue weighted by Gasteiger charge is -2.13. The lowest BCUT2D eigenvalue weighted by atomic mass is 9.95. The average molecular weight is 422 g/mol. The highest BCUT2D eigenvalue weighted by Gasteiger charge is 2.15. The summed E-state index contributed by atoms with van der Waals surface area (Å²) in [6.45, 7) is 6.38. The van der Waals surface area contributed by atoms with E-state index in [4.69, 9.17) is 9.15 Å². The fourth-order valence-electron chi connectivity index (χ4n) is 3.59. The maximum atomic E-state index is 12.1. The summed E-state index contributed by atoms with van der Waals surface area (Å²) >= 11 is 1.52. The first-order valence-electron chi connectivity index (χ1n) is 9.71. The SMILES string of the molecule is COc1ccccc1-n1cnnc1SCc1cc(=O)oc2cc(C)c(C(C)C)cc12. The minimum Gasteiger partial charge on any atom is -0.495 e. The number of hydrogen-bond donors (Lipinski definition) is 0. The van der Waals surface area contributed by atoms with Gasteiger partial charge in [0.05, 0.1) is 12.8 Å². The molecule has 2 aromatic carbocycles. The van der Waals surface area contributed by atoms with Gasteiger partial charge >= 0.3 is 5.63 Å². The van der Waals surface area contributed by atoms with Crippen LogP contribution in [0.15, 0.2) is 63.2 Å². The van der Waals surface area contributed by atoms with Gasteiger partial charge in [-0.05, 0) is 53.8 Å². The molecule has 7 heteroatoms. The standard InChI is InChI=1S/C23H23N3O3S/c1-14(2)17-11-18-16(10-22(27)29-21(18)9-15(17)3)12-30-23-25-24-13-26(23)19-7-5-6-8-20(19)28-4/h5-11,13-14H,12H2,1-4H3. The van der Waals surface area contributed by atoms with Crippen molar-refractivity contribution in [2.75, 3.05) is 7.11 Å². The van der Waals surface area contributed by atoms with Crippen molar-refractivity contribution in [2.45, 2.75) is 37.6 Å². The van der Waals surface area contributed by atoms with Crippen molar-refractivity contribution in [2.24, 2.45) is 0 Å². The number of aryl methyl sites for hydroxylation is 1. The first-order chi connectivity index (χ1) is 14.5. The van der Waals surface area contributed by atoms with Crippen LogP contribution in [0.2, 0.25) is 0 Å². The van der Waals surface area contributed by atoms with Crippen LogP contribution in [0, 0.1) is 6.92 Å². The lowest BCUT2D eigenvalue weighted by Crippen LogP contribution is -2.03. The van der Waals surface area contributed by atoms with E-state index in [1.165, 1.54) is 17.3 Å². The number of hydrogen-bond acceptors (Lipinski definition) is 6. The summed E-state index contributed by atoms with van der Waals surface area (Å²) in [4.78, 5) is 12.1. The van der Waals surface area contributed by atoms with Crippen LogP contribution >= 0.6 is 11.8 Å². The Kier molecular flexibility index (Phi) is 5.63. The molecule has 0 aliphatic heterocycles. The maximum absolute atomic E-state index is 12.1. The van der Waals surface area contributed by atoms with E-state index in [1.807, 2.05) is 41.8 Å². The minimum absolute atomic E-state index is 0.346. The Bertz CT molecular complexity index is 1260. The van der Waals surface area contributed by atoms with Crippen molar-refractivity contribution >= 4 is 22.7 Å². The largest absolute Gasteiger partial charge is 0.495 e. The van der Waals surface area contributed by atoms with E-state index in [1.54, 1.807) is 19.5 Å². The number of thioether (sulfide) groups is 1. The van der Waals surface area contributed by atoms with E-state index in [-0.39, 0.29) is 5.63 Å². The monoisotopic (exact) mass is 421 g/mol. The van der Waals surface area contributed by atoms with Crippen molar-refractivity contribution in [3.63, 3.8) is 0 Å². The molecule has 0 aliphatic carbocycles. The Morgan fingerprint density at radius 3 is 2.77 bits per heavy atom. The van der Waals surface area contributed by atoms with Gasteiger partial charge in [-0.1, -0.05) is 37.7 Å². The van der Waals surface area contributed by atoms with E-state index in [0.717, 1.165) is 33.1 Å². The fourth-order valence-corrected chi connectivity index (χ4v) is 4.50. The molecule has 0 saturated heterocycles. The van der Waals surface area contributed by atoms with Crippen molar-refractivity contribution in [3.8, 4) is 11.4 Å². The summed E-state index contributed by atoms with van der Waals surface area (Å²) in [6, 6.07) is 13.4. The molecule has 0 atom stereocenters. The van der Waals surface area contributed by atoms with Crippen LogP contribution in [0.4, 0.5) is 0 Å². The van der Waals surface area contributed by atoms with Gasteiger partial charge in [0.1, 0.15) is 17.7 Å². The minimum atomic E-state index is -0.346. The molecule has 154 valence electrons. The second kappa shape index (κ2) is 8.36. The Morgan fingerprint density at radius 2 is 2.00 bits per heavy atom. The summed E-state index contributed by atoms with van der Waals surface area (Å²) in [5, 5.41) is 10.0. The number of rotatable bonds is 6. The molecule has 6 nitrogen and oxygen atoms in total. The molecule has 0 radical (unpaired) electrons. The van der Waals surface area contributed by atoms with Crippen LogP contribution in [0.5, 0.6) is 5.75 Å². The van der Waals surface area contributed by atoms with Crippen LogP contribution in [0.3, 0.4) is 0 Å². The molecule has 0 spiro atoms. The maximum Gasteiger partial charge on any atom is 0.336 e. The van der Waals surface area contributed by atoms with Gasteiger partial charge in [-0.3, -0.25) is 4.57 Å². The van der Waals surface area contributed by atoms with Gasteiger partial charge < -0.3 is 9.15 Å². The van der Waals surface area contributed by atoms with Crippen molar-refractivity contribution in [1.82, 2.24) is 14.8 Å². The number of ether oxygens (including phenoxy) is 1. The summed E-state index contributed by atoms with van der Waals surface area (Å²) in [5.41, 5.74) is 4.43. The first-order valence-corrected chi connectivity index (χ1v) is 10.7. The van der Waals surface area contributed by atoms with E-state index in [9.17, 15) is 4.79 Å². The molecular weight excluding hydrogens is 398 g/mol. The molecule has 2 aromatic heterocycles. The number of methoxy groups -OCH3 is 1. The molecule has 0 fully saturated rings. The van der Waals surface area contributed by atoms with Crippen LogP contribution < -0.4 is 10.4 Å². The van der Waals surface area contributed by atoms with Gasteiger partial charge in [0, 0.05) is 17.2 Å². The van der Waals surface area contributed by atoms with Crippen LogP contribution in [0.25, 0.3) is 16.7 Å². The van der Waals surface area contributed by atoms with Crippen molar-refractivity contribution in [1.29, 1.82) is 0 Å². The molecular formula is C23H23N3O3S. The van der Waals surface area contributed by atoms with E-state index in [0.29, 0.717) is 17.3 Å². The zero-order valence-electron chi connectivity index (χ0n) is 17.4. The van der Waals surface area contributed by atoms with Gasteiger partial charge in [0.25, 0.3) is 0 Å². The highest BCUT2D eigenvalue weighted by Crippen LogP contribution is 2.32. The van der Waals surface area contributed by atoms with Crippen LogP contribution in [-0.4, -0.2) is 21.9 Å². The highest BCUT2D eigenvalue weighted by molar-refractivity contribution is 7.98. The molecule has 2 heterocycles. The third-order valence-corrected chi connectivity index (χ3v) is 6.05. The van der Waals surface area contributed by atoms with E-state index in [2.05, 4.69) is 30.1 Å². The quantitative estimate of drug-likeness (QED) is 0.318. The zero-order chi connectivity index (χ0) is 21.3. The van der Waals surface area contributed by atoms with Gasteiger partial charge in [-0.2, -0.15) is 0 Å². The average Bonchev–Trinajstić information content (AvgIpc) is 3.19. The summed E-state index contributed by atoms with van der Waals surface area (Å²) in [6.07, 6.45) is 1.66. The molecule has 0 N–H and O–H groups in total. The normalized spacial score (nSPS) is 11.4. The molecule has 0 bridgehead atoms. The second-order valence-corrected chi connectivity index (χ2v) is 8.34. The topological polar surface area (TPSA) is 70.2 Å². The van der Waals surface area contributed by atoms with Gasteiger partial charge in [0.15, 0.2) is 5.16 Å². The van der Waals surface area contributed by atoms with Crippen molar-refractivity contribution in [3.05, 3.63) is 75.9 Å². The molecule has 4 rings (SSSR count). The van der Waals surface area contributed by atoms with Crippen molar-refractivity contribution < 1.29 is 9.15 Å². The molecule has 0 saturated carbocycles. The molecule has 4 aromatic rings. The van der Waals surface area contributed by atoms with E-state index < -0.39 is 0 Å². The summed E-state index contributed by atoms with van der Waals surface area (Å²) in [7, 11) is 1.64.